The Bertz CT molecular complexity index is 478. The highest BCUT2D eigenvalue weighted by molar-refractivity contribution is 5.96. The third-order valence-corrected chi connectivity index (χ3v) is 2.60. The van der Waals surface area contributed by atoms with Crippen LogP contribution in [-0.2, 0) is 0 Å². The normalized spacial score (nSPS) is 11.2. The highest BCUT2D eigenvalue weighted by atomic mass is 19.4. The van der Waals surface area contributed by atoms with Crippen LogP contribution >= 0.6 is 0 Å². The summed E-state index contributed by atoms with van der Waals surface area (Å²) in [5, 5.41) is 11.3. The monoisotopic (exact) mass is 291 g/mol. The second-order valence-corrected chi connectivity index (χ2v) is 4.11. The van der Waals surface area contributed by atoms with E-state index in [1.807, 2.05) is 0 Å². The first-order valence-corrected chi connectivity index (χ1v) is 5.82. The van der Waals surface area contributed by atoms with Gasteiger partial charge in [0.05, 0.1) is 18.0 Å². The minimum atomic E-state index is -4.44. The van der Waals surface area contributed by atoms with Crippen molar-refractivity contribution in [3.8, 4) is 0 Å². The smallest absolute Gasteiger partial charge is 0.397 e. The van der Waals surface area contributed by atoms with Crippen LogP contribution in [-0.4, -0.2) is 43.9 Å². The topological polar surface area (TPSA) is 78.6 Å². The molecular weight excluding hydrogens is 275 g/mol. The van der Waals surface area contributed by atoms with Gasteiger partial charge in [0.2, 0.25) is 0 Å². The molecule has 0 saturated heterocycles. The highest BCUT2D eigenvalue weighted by Crippen LogP contribution is 2.28. The van der Waals surface area contributed by atoms with Gasteiger partial charge in [0.15, 0.2) is 0 Å². The molecule has 0 aliphatic heterocycles. The molecule has 4 N–H and O–H groups in total. The van der Waals surface area contributed by atoms with Crippen LogP contribution in [0.4, 0.5) is 24.5 Å². The Kier molecular flexibility index (Phi) is 5.20. The Balaban J connectivity index is 3.14. The molecule has 0 fully saturated rings. The molecule has 0 bridgehead atoms. The van der Waals surface area contributed by atoms with E-state index < -0.39 is 25.2 Å². The number of aliphatic hydroxyl groups excluding tert-OH is 1. The van der Waals surface area contributed by atoms with Crippen LogP contribution in [0.2, 0.25) is 0 Å². The largest absolute Gasteiger partial charge is 0.405 e. The number of hydrogen-bond acceptors (Lipinski definition) is 4. The molecule has 0 spiro atoms. The van der Waals surface area contributed by atoms with Crippen molar-refractivity contribution >= 4 is 17.3 Å². The van der Waals surface area contributed by atoms with Crippen LogP contribution in [0, 0.1) is 0 Å². The zero-order valence-electron chi connectivity index (χ0n) is 10.9. The molecule has 0 radical (unpaired) electrons. The SMILES string of the molecule is CNC(=O)c1ccc(N)c(N(CCO)CC(F)(F)F)c1. The zero-order valence-corrected chi connectivity index (χ0v) is 10.9. The molecule has 112 valence electrons. The molecular formula is C12H16F3N3O2. The van der Waals surface area contributed by atoms with Crippen molar-refractivity contribution in [3.63, 3.8) is 0 Å². The molecule has 1 aromatic carbocycles. The number of alkyl halides is 3. The summed E-state index contributed by atoms with van der Waals surface area (Å²) in [7, 11) is 1.42. The van der Waals surface area contributed by atoms with Gasteiger partial charge in [0.1, 0.15) is 6.54 Å². The number of benzene rings is 1. The van der Waals surface area contributed by atoms with E-state index in [4.69, 9.17) is 10.8 Å². The molecule has 0 saturated carbocycles. The Morgan fingerprint density at radius 1 is 1.45 bits per heavy atom. The average molecular weight is 291 g/mol. The van der Waals surface area contributed by atoms with Crippen molar-refractivity contribution < 1.29 is 23.1 Å². The molecule has 1 aromatic rings. The first kappa shape index (κ1) is 16.1. The van der Waals surface area contributed by atoms with Crippen LogP contribution in [0.3, 0.4) is 0 Å². The van der Waals surface area contributed by atoms with Crippen LogP contribution in [0.25, 0.3) is 0 Å². The number of nitrogens with two attached hydrogens (primary N) is 1. The van der Waals surface area contributed by atoms with Gasteiger partial charge >= 0.3 is 6.18 Å². The third-order valence-electron chi connectivity index (χ3n) is 2.60. The lowest BCUT2D eigenvalue weighted by molar-refractivity contribution is -0.119. The van der Waals surface area contributed by atoms with Gasteiger partial charge in [-0.3, -0.25) is 4.79 Å². The van der Waals surface area contributed by atoms with Crippen LogP contribution in [0.1, 0.15) is 10.4 Å². The zero-order chi connectivity index (χ0) is 15.3. The molecule has 0 aliphatic rings. The van der Waals surface area contributed by atoms with E-state index in [-0.39, 0.29) is 23.5 Å². The lowest BCUT2D eigenvalue weighted by Crippen LogP contribution is -2.37. The molecule has 0 atom stereocenters. The molecule has 5 nitrogen and oxygen atoms in total. The lowest BCUT2D eigenvalue weighted by Gasteiger charge is -2.26. The fourth-order valence-corrected chi connectivity index (χ4v) is 1.72. The van der Waals surface area contributed by atoms with Gasteiger partial charge in [-0.05, 0) is 18.2 Å². The van der Waals surface area contributed by atoms with Gasteiger partial charge in [-0.25, -0.2) is 0 Å². The number of hydrogen-bond donors (Lipinski definition) is 3. The maximum atomic E-state index is 12.5. The summed E-state index contributed by atoms with van der Waals surface area (Å²) in [6.07, 6.45) is -4.44. The van der Waals surface area contributed by atoms with Crippen molar-refractivity contribution in [1.82, 2.24) is 5.32 Å². The number of aliphatic hydroxyl groups is 1. The van der Waals surface area contributed by atoms with Crippen molar-refractivity contribution in [1.29, 1.82) is 0 Å². The number of carbonyl (C=O) groups is 1. The number of halogens is 3. The molecule has 0 aromatic heterocycles. The Hall–Kier alpha value is -1.96. The van der Waals surface area contributed by atoms with Crippen LogP contribution < -0.4 is 16.0 Å². The van der Waals surface area contributed by atoms with E-state index in [0.717, 1.165) is 4.90 Å². The van der Waals surface area contributed by atoms with E-state index in [9.17, 15) is 18.0 Å². The van der Waals surface area contributed by atoms with Gasteiger partial charge < -0.3 is 21.1 Å². The Labute approximate surface area is 114 Å². The first-order valence-electron chi connectivity index (χ1n) is 5.82. The molecule has 20 heavy (non-hydrogen) atoms. The molecule has 0 aliphatic carbocycles. The third kappa shape index (κ3) is 4.30. The standard InChI is InChI=1S/C12H16F3N3O2/c1-17-11(20)8-2-3-9(16)10(6-8)18(4-5-19)7-12(13,14)15/h2-3,6,19H,4-5,7,16H2,1H3,(H,17,20). The quantitative estimate of drug-likeness (QED) is 0.707. The molecule has 1 amide bonds. The van der Waals surface area contributed by atoms with Gasteiger partial charge in [-0.15, -0.1) is 0 Å². The highest BCUT2D eigenvalue weighted by Gasteiger charge is 2.31. The maximum Gasteiger partial charge on any atom is 0.405 e. The van der Waals surface area contributed by atoms with Crippen molar-refractivity contribution in [2.45, 2.75) is 6.18 Å². The number of nitrogens with one attached hydrogen (secondary N) is 1. The van der Waals surface area contributed by atoms with Crippen molar-refractivity contribution in [2.75, 3.05) is 37.4 Å². The predicted octanol–water partition coefficient (Wildman–Crippen LogP) is 0.989. The van der Waals surface area contributed by atoms with Crippen molar-refractivity contribution in [2.24, 2.45) is 0 Å². The minimum Gasteiger partial charge on any atom is -0.397 e. The lowest BCUT2D eigenvalue weighted by atomic mass is 10.1. The van der Waals surface area contributed by atoms with E-state index >= 15 is 0 Å². The fraction of sp³-hybridized carbons (Fsp3) is 0.417. The number of nitrogens with zero attached hydrogens (tertiary/aromatic N) is 1. The predicted molar refractivity (Wildman–Crippen MR) is 69.6 cm³/mol. The van der Waals surface area contributed by atoms with Gasteiger partial charge in [0.25, 0.3) is 5.91 Å². The van der Waals surface area contributed by atoms with E-state index in [1.54, 1.807) is 0 Å². The van der Waals surface area contributed by atoms with E-state index in [1.165, 1.54) is 25.2 Å². The second kappa shape index (κ2) is 6.47. The summed E-state index contributed by atoms with van der Waals surface area (Å²) in [4.78, 5) is 12.4. The summed E-state index contributed by atoms with van der Waals surface area (Å²) >= 11 is 0. The summed E-state index contributed by atoms with van der Waals surface area (Å²) < 4.78 is 37.6. The number of rotatable bonds is 5. The van der Waals surface area contributed by atoms with Gasteiger partial charge in [0, 0.05) is 19.2 Å². The van der Waals surface area contributed by atoms with Crippen LogP contribution in [0.5, 0.6) is 0 Å². The molecule has 0 unspecified atom stereocenters. The average Bonchev–Trinajstić information content (AvgIpc) is 2.36. The summed E-state index contributed by atoms with van der Waals surface area (Å²) in [6, 6.07) is 4.05. The molecule has 1 rings (SSSR count). The Morgan fingerprint density at radius 3 is 2.60 bits per heavy atom. The number of anilines is 2. The molecule has 8 heteroatoms. The first-order chi connectivity index (χ1) is 9.28. The molecule has 0 heterocycles. The Morgan fingerprint density at radius 2 is 2.10 bits per heavy atom. The summed E-state index contributed by atoms with van der Waals surface area (Å²) in [5.74, 6) is -0.429. The minimum absolute atomic E-state index is 0.0671. The fourth-order valence-electron chi connectivity index (χ4n) is 1.72. The van der Waals surface area contributed by atoms with E-state index in [2.05, 4.69) is 5.32 Å². The van der Waals surface area contributed by atoms with Crippen LogP contribution in [0.15, 0.2) is 18.2 Å². The van der Waals surface area contributed by atoms with Gasteiger partial charge in [-0.2, -0.15) is 13.2 Å². The second-order valence-electron chi connectivity index (χ2n) is 4.11. The number of carbonyl (C=O) groups excluding carboxylic acids is 1. The summed E-state index contributed by atoms with van der Waals surface area (Å²) in [5.41, 5.74) is 6.03. The number of amides is 1. The summed E-state index contributed by atoms with van der Waals surface area (Å²) in [6.45, 7) is -1.95. The van der Waals surface area contributed by atoms with Crippen molar-refractivity contribution in [3.05, 3.63) is 23.8 Å². The number of nitrogen functional groups attached to an aromatic ring is 1. The van der Waals surface area contributed by atoms with Gasteiger partial charge in [-0.1, -0.05) is 0 Å². The maximum absolute atomic E-state index is 12.5. The van der Waals surface area contributed by atoms with E-state index in [0.29, 0.717) is 0 Å².